The Morgan fingerprint density at radius 1 is 1.24 bits per heavy atom. The van der Waals surface area contributed by atoms with Gasteiger partial charge in [-0.2, -0.15) is 0 Å². The van der Waals surface area contributed by atoms with Crippen molar-refractivity contribution in [3.8, 4) is 0 Å². The molecular weight excluding hydrogens is 323 g/mol. The fourth-order valence-electron chi connectivity index (χ4n) is 2.92. The van der Waals surface area contributed by atoms with Gasteiger partial charge in [0, 0.05) is 25.0 Å². The topological polar surface area (TPSA) is 67.4 Å². The van der Waals surface area contributed by atoms with Crippen molar-refractivity contribution in [3.05, 3.63) is 47.8 Å². The molecule has 0 unspecified atom stereocenters. The zero-order valence-corrected chi connectivity index (χ0v) is 14.5. The van der Waals surface area contributed by atoms with Gasteiger partial charge in [-0.15, -0.1) is 0 Å². The van der Waals surface area contributed by atoms with Gasteiger partial charge in [-0.1, -0.05) is 0 Å². The van der Waals surface area contributed by atoms with Crippen molar-refractivity contribution in [1.29, 1.82) is 0 Å². The van der Waals surface area contributed by atoms with Crippen LogP contribution in [0.15, 0.2) is 30.6 Å². The predicted molar refractivity (Wildman–Crippen MR) is 93.3 cm³/mol. The highest BCUT2D eigenvalue weighted by Gasteiger charge is 2.24. The molecule has 2 atom stereocenters. The van der Waals surface area contributed by atoms with Gasteiger partial charge in [0.05, 0.1) is 29.8 Å². The van der Waals surface area contributed by atoms with E-state index in [1.54, 1.807) is 19.1 Å². The molecule has 0 saturated carbocycles. The monoisotopic (exact) mass is 344 g/mol. The highest BCUT2D eigenvalue weighted by atomic mass is 19.1. The van der Waals surface area contributed by atoms with E-state index in [9.17, 15) is 9.18 Å². The number of rotatable bonds is 3. The summed E-state index contributed by atoms with van der Waals surface area (Å²) in [5.41, 5.74) is 1.80. The van der Waals surface area contributed by atoms with Crippen molar-refractivity contribution in [2.75, 3.05) is 23.3 Å². The predicted octanol–water partition coefficient (Wildman–Crippen LogP) is 2.79. The van der Waals surface area contributed by atoms with Crippen molar-refractivity contribution in [1.82, 2.24) is 9.97 Å². The molecule has 0 radical (unpaired) electrons. The maximum atomic E-state index is 14.5. The van der Waals surface area contributed by atoms with Gasteiger partial charge in [0.1, 0.15) is 11.5 Å². The Labute approximate surface area is 146 Å². The Bertz CT molecular complexity index is 756. The highest BCUT2D eigenvalue weighted by Crippen LogP contribution is 2.26. The minimum Gasteiger partial charge on any atom is -0.372 e. The second-order valence-corrected chi connectivity index (χ2v) is 6.33. The van der Waals surface area contributed by atoms with Crippen LogP contribution in [0.3, 0.4) is 0 Å². The lowest BCUT2D eigenvalue weighted by Crippen LogP contribution is -2.45. The molecule has 0 bridgehead atoms. The highest BCUT2D eigenvalue weighted by molar-refractivity contribution is 6.02. The van der Waals surface area contributed by atoms with Gasteiger partial charge in [-0.3, -0.25) is 9.78 Å². The number of carbonyl (C=O) groups excluding carboxylic acids is 1. The summed E-state index contributed by atoms with van der Waals surface area (Å²) in [6, 6.07) is 4.68. The number of carbonyl (C=O) groups is 1. The van der Waals surface area contributed by atoms with Crippen LogP contribution in [0.4, 0.5) is 15.8 Å². The molecule has 2 aromatic rings. The number of amides is 1. The normalized spacial score (nSPS) is 20.4. The van der Waals surface area contributed by atoms with Crippen molar-refractivity contribution < 1.29 is 13.9 Å². The van der Waals surface area contributed by atoms with Crippen LogP contribution in [0.2, 0.25) is 0 Å². The first-order valence-electron chi connectivity index (χ1n) is 8.22. The molecule has 7 heteroatoms. The first-order valence-corrected chi connectivity index (χ1v) is 8.22. The van der Waals surface area contributed by atoms with E-state index >= 15 is 0 Å². The third-order valence-corrected chi connectivity index (χ3v) is 3.98. The van der Waals surface area contributed by atoms with E-state index in [1.807, 2.05) is 18.7 Å². The average molecular weight is 344 g/mol. The number of nitrogens with one attached hydrogen (secondary N) is 1. The third kappa shape index (κ3) is 4.11. The molecule has 1 N–H and O–H groups in total. The van der Waals surface area contributed by atoms with E-state index in [0.29, 0.717) is 24.5 Å². The third-order valence-electron chi connectivity index (χ3n) is 3.98. The van der Waals surface area contributed by atoms with Crippen LogP contribution in [0.1, 0.15) is 30.0 Å². The van der Waals surface area contributed by atoms with Gasteiger partial charge < -0.3 is 15.0 Å². The SMILES string of the molecule is Cc1cnc(C(=O)Nc2ccc(N3C[C@@H](C)O[C@@H](C)C3)c(F)c2)cn1. The van der Waals surface area contributed by atoms with Crippen LogP contribution in [-0.4, -0.2) is 41.2 Å². The Hall–Kier alpha value is -2.54. The summed E-state index contributed by atoms with van der Waals surface area (Å²) in [6.45, 7) is 6.99. The molecular formula is C18H21FN4O2. The number of aryl methyl sites for hydroxylation is 1. The second kappa shape index (κ2) is 7.14. The van der Waals surface area contributed by atoms with E-state index < -0.39 is 5.91 Å². The molecule has 1 fully saturated rings. The molecule has 2 heterocycles. The average Bonchev–Trinajstić information content (AvgIpc) is 2.54. The van der Waals surface area contributed by atoms with E-state index in [2.05, 4.69) is 15.3 Å². The number of hydrogen-bond donors (Lipinski definition) is 1. The second-order valence-electron chi connectivity index (χ2n) is 6.33. The summed E-state index contributed by atoms with van der Waals surface area (Å²) in [5, 5.41) is 2.64. The van der Waals surface area contributed by atoms with Gasteiger partial charge in [-0.25, -0.2) is 9.37 Å². The molecule has 6 nitrogen and oxygen atoms in total. The Balaban J connectivity index is 1.73. The quantitative estimate of drug-likeness (QED) is 0.927. The van der Waals surface area contributed by atoms with Crippen LogP contribution in [-0.2, 0) is 4.74 Å². The van der Waals surface area contributed by atoms with E-state index in [4.69, 9.17) is 4.74 Å². The van der Waals surface area contributed by atoms with Crippen molar-refractivity contribution in [3.63, 3.8) is 0 Å². The molecule has 1 aromatic carbocycles. The molecule has 0 spiro atoms. The van der Waals surface area contributed by atoms with Gasteiger partial charge in [0.15, 0.2) is 0 Å². The molecule has 25 heavy (non-hydrogen) atoms. The van der Waals surface area contributed by atoms with Crippen LogP contribution < -0.4 is 10.2 Å². The van der Waals surface area contributed by atoms with Crippen LogP contribution in [0, 0.1) is 12.7 Å². The molecule has 0 aliphatic carbocycles. The number of halogens is 1. The molecule has 1 aromatic heterocycles. The number of benzene rings is 1. The Kier molecular flexibility index (Phi) is 4.94. The number of aromatic nitrogens is 2. The summed E-state index contributed by atoms with van der Waals surface area (Å²) in [5.74, 6) is -0.803. The van der Waals surface area contributed by atoms with Gasteiger partial charge >= 0.3 is 0 Å². The van der Waals surface area contributed by atoms with Crippen molar-refractivity contribution in [2.45, 2.75) is 33.0 Å². The molecule has 1 aliphatic heterocycles. The largest absolute Gasteiger partial charge is 0.372 e. The van der Waals surface area contributed by atoms with E-state index in [1.165, 1.54) is 18.5 Å². The zero-order valence-electron chi connectivity index (χ0n) is 14.5. The lowest BCUT2D eigenvalue weighted by Gasteiger charge is -2.37. The maximum Gasteiger partial charge on any atom is 0.275 e. The zero-order chi connectivity index (χ0) is 18.0. The maximum absolute atomic E-state index is 14.5. The summed E-state index contributed by atoms with van der Waals surface area (Å²) < 4.78 is 20.2. The summed E-state index contributed by atoms with van der Waals surface area (Å²) in [4.78, 5) is 22.2. The fourth-order valence-corrected chi connectivity index (χ4v) is 2.92. The van der Waals surface area contributed by atoms with Gasteiger partial charge in [0.25, 0.3) is 5.91 Å². The first-order chi connectivity index (χ1) is 11.9. The van der Waals surface area contributed by atoms with Gasteiger partial charge in [0.2, 0.25) is 0 Å². The minimum absolute atomic E-state index is 0.0441. The van der Waals surface area contributed by atoms with Crippen LogP contribution in [0.25, 0.3) is 0 Å². The number of nitrogens with zero attached hydrogens (tertiary/aromatic N) is 3. The number of ether oxygens (including phenoxy) is 1. The van der Waals surface area contributed by atoms with Crippen molar-refractivity contribution in [2.24, 2.45) is 0 Å². The number of morpholine rings is 1. The number of anilines is 2. The van der Waals surface area contributed by atoms with Crippen molar-refractivity contribution >= 4 is 17.3 Å². The van der Waals surface area contributed by atoms with Gasteiger partial charge in [-0.05, 0) is 39.0 Å². The smallest absolute Gasteiger partial charge is 0.275 e. The molecule has 1 aliphatic rings. The summed E-state index contributed by atoms with van der Waals surface area (Å²) in [6.07, 6.45) is 3.00. The lowest BCUT2D eigenvalue weighted by molar-refractivity contribution is -0.00539. The first kappa shape index (κ1) is 17.3. The summed E-state index contributed by atoms with van der Waals surface area (Å²) in [7, 11) is 0. The summed E-state index contributed by atoms with van der Waals surface area (Å²) >= 11 is 0. The number of hydrogen-bond acceptors (Lipinski definition) is 5. The molecule has 1 saturated heterocycles. The molecule has 3 rings (SSSR count). The van der Waals surface area contributed by atoms with E-state index in [-0.39, 0.29) is 23.7 Å². The fraction of sp³-hybridized carbons (Fsp3) is 0.389. The Morgan fingerprint density at radius 3 is 2.56 bits per heavy atom. The minimum atomic E-state index is -0.423. The molecule has 1 amide bonds. The van der Waals surface area contributed by atoms with Crippen LogP contribution >= 0.6 is 0 Å². The Morgan fingerprint density at radius 2 is 1.96 bits per heavy atom. The van der Waals surface area contributed by atoms with Crippen LogP contribution in [0.5, 0.6) is 0 Å². The molecule has 132 valence electrons. The lowest BCUT2D eigenvalue weighted by atomic mass is 10.2. The van der Waals surface area contributed by atoms with E-state index in [0.717, 1.165) is 5.69 Å². The standard InChI is InChI=1S/C18H21FN4O2/c1-11-7-21-16(8-20-11)18(24)22-14-4-5-17(15(19)6-14)23-9-12(2)25-13(3)10-23/h4-8,12-13H,9-10H2,1-3H3,(H,22,24)/t12-,13+.